The minimum absolute atomic E-state index is 0.175. The third kappa shape index (κ3) is 1.14. The van der Waals surface area contributed by atoms with Crippen LogP contribution < -0.4 is 0 Å². The van der Waals surface area contributed by atoms with Crippen LogP contribution in [0.3, 0.4) is 0 Å². The Kier molecular flexibility index (Phi) is 2.05. The predicted molar refractivity (Wildman–Crippen MR) is 54.7 cm³/mol. The summed E-state index contributed by atoms with van der Waals surface area (Å²) in [5, 5.41) is 9.87. The van der Waals surface area contributed by atoms with Gasteiger partial charge in [-0.3, -0.25) is 4.79 Å². The lowest BCUT2D eigenvalue weighted by Crippen LogP contribution is -2.34. The standard InChI is InChI=1S/C10H10O3S/c1-2-7-13-8(11)9-5-3-4-6-10(9,12)14-9/h2-6,12H,1,7H2. The number of rotatable bonds is 3. The van der Waals surface area contributed by atoms with Crippen LogP contribution >= 0.6 is 11.8 Å². The maximum absolute atomic E-state index is 11.6. The summed E-state index contributed by atoms with van der Waals surface area (Å²) in [6, 6.07) is 0. The van der Waals surface area contributed by atoms with Crippen LogP contribution in [0.15, 0.2) is 37.0 Å². The second kappa shape index (κ2) is 3.00. The Balaban J connectivity index is 2.12. The fourth-order valence-corrected chi connectivity index (χ4v) is 2.50. The number of esters is 1. The van der Waals surface area contributed by atoms with Gasteiger partial charge in [-0.15, -0.1) is 0 Å². The smallest absolute Gasteiger partial charge is 0.330 e. The zero-order valence-electron chi connectivity index (χ0n) is 7.47. The molecular formula is C10H10O3S. The average Bonchev–Trinajstić information content (AvgIpc) is 2.82. The first-order valence-electron chi connectivity index (χ1n) is 4.22. The summed E-state index contributed by atoms with van der Waals surface area (Å²) in [6.45, 7) is 3.63. The SMILES string of the molecule is C=CCOC(=O)C12C=CC=CC1(O)S2. The molecule has 1 heterocycles. The van der Waals surface area contributed by atoms with Crippen molar-refractivity contribution in [2.75, 3.05) is 6.61 Å². The Bertz CT molecular complexity index is 347. The summed E-state index contributed by atoms with van der Waals surface area (Å²) in [7, 11) is 0. The van der Waals surface area contributed by atoms with Crippen molar-refractivity contribution in [3.05, 3.63) is 37.0 Å². The van der Waals surface area contributed by atoms with Gasteiger partial charge in [0.1, 0.15) is 6.61 Å². The number of ether oxygens (including phenoxy) is 1. The van der Waals surface area contributed by atoms with Crippen molar-refractivity contribution in [2.24, 2.45) is 0 Å². The van der Waals surface area contributed by atoms with Crippen LogP contribution in [0.25, 0.3) is 0 Å². The van der Waals surface area contributed by atoms with Gasteiger partial charge < -0.3 is 9.84 Å². The Hall–Kier alpha value is -1.00. The molecule has 0 aromatic heterocycles. The fourth-order valence-electron chi connectivity index (χ4n) is 1.41. The predicted octanol–water partition coefficient (Wildman–Crippen LogP) is 1.02. The molecule has 4 heteroatoms. The summed E-state index contributed by atoms with van der Waals surface area (Å²) in [4.78, 5) is 10.5. The Labute approximate surface area is 86.1 Å². The van der Waals surface area contributed by atoms with Crippen molar-refractivity contribution in [2.45, 2.75) is 9.68 Å². The van der Waals surface area contributed by atoms with Crippen molar-refractivity contribution in [1.29, 1.82) is 0 Å². The normalized spacial score (nSPS) is 37.5. The number of aliphatic hydroxyl groups is 1. The highest BCUT2D eigenvalue weighted by Gasteiger charge is 2.72. The largest absolute Gasteiger partial charge is 0.460 e. The van der Waals surface area contributed by atoms with Crippen molar-refractivity contribution < 1.29 is 14.6 Å². The third-order valence-corrected chi connectivity index (χ3v) is 3.71. The van der Waals surface area contributed by atoms with Crippen LogP contribution in [-0.4, -0.2) is 27.4 Å². The molecule has 0 spiro atoms. The molecule has 0 aromatic rings. The van der Waals surface area contributed by atoms with E-state index < -0.39 is 15.6 Å². The lowest BCUT2D eigenvalue weighted by molar-refractivity contribution is -0.144. The summed E-state index contributed by atoms with van der Waals surface area (Å²) in [6.07, 6.45) is 8.24. The van der Waals surface area contributed by atoms with E-state index in [1.54, 1.807) is 24.3 Å². The monoisotopic (exact) mass is 210 g/mol. The van der Waals surface area contributed by atoms with E-state index in [0.29, 0.717) is 0 Å². The third-order valence-electron chi connectivity index (χ3n) is 2.21. The first-order chi connectivity index (χ1) is 6.65. The molecule has 2 atom stereocenters. The van der Waals surface area contributed by atoms with Crippen LogP contribution in [0.5, 0.6) is 0 Å². The summed E-state index contributed by atoms with van der Waals surface area (Å²) < 4.78 is 4.01. The van der Waals surface area contributed by atoms with E-state index in [4.69, 9.17) is 4.74 Å². The summed E-state index contributed by atoms with van der Waals surface area (Å²) in [5.74, 6) is -0.412. The fraction of sp³-hybridized carbons (Fsp3) is 0.300. The summed E-state index contributed by atoms with van der Waals surface area (Å²) in [5.41, 5.74) is 0. The van der Waals surface area contributed by atoms with Gasteiger partial charge in [0.2, 0.25) is 0 Å². The molecule has 0 bridgehead atoms. The van der Waals surface area contributed by atoms with Gasteiger partial charge in [0.25, 0.3) is 0 Å². The molecular weight excluding hydrogens is 200 g/mol. The average molecular weight is 210 g/mol. The maximum Gasteiger partial charge on any atom is 0.330 e. The maximum atomic E-state index is 11.6. The van der Waals surface area contributed by atoms with Gasteiger partial charge >= 0.3 is 5.97 Å². The molecule has 1 aliphatic heterocycles. The molecule has 2 unspecified atom stereocenters. The number of hydrogen-bond acceptors (Lipinski definition) is 4. The Morgan fingerprint density at radius 3 is 2.93 bits per heavy atom. The first-order valence-corrected chi connectivity index (χ1v) is 5.04. The van der Waals surface area contributed by atoms with Crippen LogP contribution in [0, 0.1) is 0 Å². The molecule has 1 saturated heterocycles. The zero-order valence-corrected chi connectivity index (χ0v) is 8.29. The highest BCUT2D eigenvalue weighted by molar-refractivity contribution is 8.10. The molecule has 0 radical (unpaired) electrons. The van der Waals surface area contributed by atoms with Crippen molar-refractivity contribution in [3.8, 4) is 0 Å². The van der Waals surface area contributed by atoms with E-state index in [2.05, 4.69) is 6.58 Å². The van der Waals surface area contributed by atoms with Crippen molar-refractivity contribution in [3.63, 3.8) is 0 Å². The van der Waals surface area contributed by atoms with Crippen LogP contribution in [-0.2, 0) is 9.53 Å². The molecule has 2 aliphatic rings. The van der Waals surface area contributed by atoms with Gasteiger partial charge in [0, 0.05) is 0 Å². The van der Waals surface area contributed by atoms with E-state index in [1.807, 2.05) is 0 Å². The van der Waals surface area contributed by atoms with Gasteiger partial charge in [-0.2, -0.15) is 0 Å². The number of thioether (sulfide) groups is 1. The molecule has 74 valence electrons. The molecule has 14 heavy (non-hydrogen) atoms. The van der Waals surface area contributed by atoms with Crippen molar-refractivity contribution >= 4 is 17.7 Å². The first kappa shape index (κ1) is 9.55. The van der Waals surface area contributed by atoms with Crippen LogP contribution in [0.1, 0.15) is 0 Å². The molecule has 1 fully saturated rings. The minimum atomic E-state index is -1.10. The van der Waals surface area contributed by atoms with E-state index in [0.717, 1.165) is 0 Å². The Morgan fingerprint density at radius 1 is 1.57 bits per heavy atom. The lowest BCUT2D eigenvalue weighted by Gasteiger charge is -2.13. The molecule has 0 amide bonds. The van der Waals surface area contributed by atoms with E-state index >= 15 is 0 Å². The summed E-state index contributed by atoms with van der Waals surface area (Å²) >= 11 is 1.18. The number of carbonyl (C=O) groups is 1. The number of carbonyl (C=O) groups excluding carboxylic acids is 1. The van der Waals surface area contributed by atoms with Crippen molar-refractivity contribution in [1.82, 2.24) is 0 Å². The molecule has 0 saturated carbocycles. The van der Waals surface area contributed by atoms with E-state index in [-0.39, 0.29) is 6.61 Å². The van der Waals surface area contributed by atoms with Gasteiger partial charge in [-0.1, -0.05) is 42.6 Å². The molecule has 1 N–H and O–H groups in total. The van der Waals surface area contributed by atoms with Gasteiger partial charge in [0.15, 0.2) is 9.68 Å². The zero-order chi connectivity index (χ0) is 10.2. The Morgan fingerprint density at radius 2 is 2.29 bits per heavy atom. The van der Waals surface area contributed by atoms with E-state index in [9.17, 15) is 9.90 Å². The van der Waals surface area contributed by atoms with Gasteiger partial charge in [-0.05, 0) is 6.08 Å². The molecule has 1 aliphatic carbocycles. The highest BCUT2D eigenvalue weighted by atomic mass is 32.2. The minimum Gasteiger partial charge on any atom is -0.460 e. The van der Waals surface area contributed by atoms with Crippen LogP contribution in [0.4, 0.5) is 0 Å². The number of hydrogen-bond donors (Lipinski definition) is 1. The van der Waals surface area contributed by atoms with Gasteiger partial charge in [0.05, 0.1) is 0 Å². The topological polar surface area (TPSA) is 46.5 Å². The quantitative estimate of drug-likeness (QED) is 0.429. The number of fused-ring (bicyclic) bond motifs is 1. The second-order valence-corrected chi connectivity index (χ2v) is 4.61. The highest BCUT2D eigenvalue weighted by Crippen LogP contribution is 2.65. The van der Waals surface area contributed by atoms with Gasteiger partial charge in [-0.25, -0.2) is 0 Å². The molecule has 3 nitrogen and oxygen atoms in total. The number of allylic oxidation sites excluding steroid dienone is 2. The molecule has 0 aromatic carbocycles. The second-order valence-electron chi connectivity index (χ2n) is 3.14. The van der Waals surface area contributed by atoms with E-state index in [1.165, 1.54) is 17.8 Å². The lowest BCUT2D eigenvalue weighted by atomic mass is 9.98. The molecule has 2 rings (SSSR count). The van der Waals surface area contributed by atoms with Crippen LogP contribution in [0.2, 0.25) is 0 Å².